The summed E-state index contributed by atoms with van der Waals surface area (Å²) in [6.07, 6.45) is 0. The topological polar surface area (TPSA) is 137 Å². The highest BCUT2D eigenvalue weighted by molar-refractivity contribution is 7.15. The van der Waals surface area contributed by atoms with Crippen LogP contribution in [-0.4, -0.2) is 37.1 Å². The lowest BCUT2D eigenvalue weighted by atomic mass is 10.0. The number of nitrogens with two attached hydrogens (primary N) is 1. The fraction of sp³-hybridized carbons (Fsp3) is 0.130. The second-order valence-electron chi connectivity index (χ2n) is 6.63. The molecule has 0 aliphatic heterocycles. The van der Waals surface area contributed by atoms with Gasteiger partial charge in [0.2, 0.25) is 0 Å². The molecule has 1 heterocycles. The Kier molecular flexibility index (Phi) is 7.77. The van der Waals surface area contributed by atoms with Gasteiger partial charge >= 0.3 is 18.0 Å². The number of anilines is 2. The van der Waals surface area contributed by atoms with Crippen molar-refractivity contribution in [1.82, 2.24) is 0 Å². The number of nitrogens with one attached hydrogen (secondary N) is 2. The third-order valence-electron chi connectivity index (χ3n) is 4.33. The van der Waals surface area contributed by atoms with Crippen LogP contribution in [0, 0.1) is 0 Å². The van der Waals surface area contributed by atoms with Crippen LogP contribution in [0.4, 0.5) is 15.5 Å². The van der Waals surface area contributed by atoms with E-state index in [1.807, 2.05) is 30.3 Å². The van der Waals surface area contributed by atoms with Crippen molar-refractivity contribution in [3.05, 3.63) is 71.1 Å². The molecule has 0 unspecified atom stereocenters. The Balaban J connectivity index is 1.67. The Morgan fingerprint density at radius 2 is 1.61 bits per heavy atom. The molecule has 0 aliphatic carbocycles. The molecule has 10 heteroatoms. The minimum atomic E-state index is -0.729. The van der Waals surface area contributed by atoms with Gasteiger partial charge in [0.1, 0.15) is 10.6 Å². The van der Waals surface area contributed by atoms with Crippen molar-refractivity contribution in [3.8, 4) is 11.1 Å². The van der Waals surface area contributed by atoms with Crippen LogP contribution in [0.2, 0.25) is 0 Å². The maximum atomic E-state index is 12.6. The van der Waals surface area contributed by atoms with Crippen molar-refractivity contribution in [2.45, 2.75) is 6.92 Å². The summed E-state index contributed by atoms with van der Waals surface area (Å²) in [5, 5.41) is 7.05. The molecule has 0 saturated heterocycles. The summed E-state index contributed by atoms with van der Waals surface area (Å²) in [5.74, 6) is -1.89. The van der Waals surface area contributed by atoms with Crippen LogP contribution in [0.3, 0.4) is 0 Å². The highest BCUT2D eigenvalue weighted by Gasteiger charge is 2.23. The molecule has 0 radical (unpaired) electrons. The zero-order valence-corrected chi connectivity index (χ0v) is 18.4. The van der Waals surface area contributed by atoms with Crippen molar-refractivity contribution >= 4 is 45.9 Å². The van der Waals surface area contributed by atoms with Gasteiger partial charge in [-0.15, -0.1) is 11.3 Å². The molecule has 0 saturated carbocycles. The molecule has 33 heavy (non-hydrogen) atoms. The lowest BCUT2D eigenvalue weighted by molar-refractivity contribution is -0.119. The van der Waals surface area contributed by atoms with E-state index in [-0.39, 0.29) is 17.7 Å². The van der Waals surface area contributed by atoms with Crippen LogP contribution in [0.15, 0.2) is 60.0 Å². The molecule has 1 aromatic heterocycles. The van der Waals surface area contributed by atoms with Gasteiger partial charge < -0.3 is 25.8 Å². The van der Waals surface area contributed by atoms with E-state index < -0.39 is 30.5 Å². The van der Waals surface area contributed by atoms with E-state index in [2.05, 4.69) is 10.6 Å². The van der Waals surface area contributed by atoms with Crippen LogP contribution in [0.5, 0.6) is 0 Å². The van der Waals surface area contributed by atoms with Gasteiger partial charge in [0, 0.05) is 16.6 Å². The summed E-state index contributed by atoms with van der Waals surface area (Å²) >= 11 is 1.17. The normalized spacial score (nSPS) is 10.2. The largest absolute Gasteiger partial charge is 0.462 e. The first-order chi connectivity index (χ1) is 15.9. The van der Waals surface area contributed by atoms with Gasteiger partial charge in [-0.2, -0.15) is 0 Å². The Labute approximate surface area is 193 Å². The smallest absolute Gasteiger partial charge is 0.341 e. The SMILES string of the molecule is CCOC(=O)c1c(-c2ccccc2)csc1NC(=O)COC(=O)c1ccc(NC(N)=O)cc1. The first-order valence-electron chi connectivity index (χ1n) is 9.86. The van der Waals surface area contributed by atoms with E-state index in [1.165, 1.54) is 35.6 Å². The van der Waals surface area contributed by atoms with Gasteiger partial charge in [-0.25, -0.2) is 14.4 Å². The Hall–Kier alpha value is -4.18. The third kappa shape index (κ3) is 6.17. The predicted molar refractivity (Wildman–Crippen MR) is 124 cm³/mol. The van der Waals surface area contributed by atoms with Crippen LogP contribution in [0.25, 0.3) is 11.1 Å². The van der Waals surface area contributed by atoms with Crippen molar-refractivity contribution in [2.75, 3.05) is 23.8 Å². The molecule has 9 nitrogen and oxygen atoms in total. The minimum absolute atomic E-state index is 0.182. The monoisotopic (exact) mass is 467 g/mol. The fourth-order valence-corrected chi connectivity index (χ4v) is 3.87. The molecule has 3 rings (SSSR count). The second kappa shape index (κ2) is 10.9. The number of primary amides is 1. The lowest BCUT2D eigenvalue weighted by Gasteiger charge is -2.09. The van der Waals surface area contributed by atoms with Crippen LogP contribution < -0.4 is 16.4 Å². The number of hydrogen-bond donors (Lipinski definition) is 3. The van der Waals surface area contributed by atoms with Gasteiger partial charge in [0.15, 0.2) is 6.61 Å². The van der Waals surface area contributed by atoms with E-state index in [0.717, 1.165) is 5.56 Å². The average molecular weight is 468 g/mol. The molecule has 4 N–H and O–H groups in total. The number of thiophene rings is 1. The number of carbonyl (C=O) groups is 4. The van der Waals surface area contributed by atoms with E-state index >= 15 is 0 Å². The fourth-order valence-electron chi connectivity index (χ4n) is 2.90. The number of rotatable bonds is 8. The molecule has 0 bridgehead atoms. The Bertz CT molecular complexity index is 1160. The van der Waals surface area contributed by atoms with Gasteiger partial charge in [-0.1, -0.05) is 30.3 Å². The average Bonchev–Trinajstić information content (AvgIpc) is 3.22. The van der Waals surface area contributed by atoms with Crippen LogP contribution >= 0.6 is 11.3 Å². The molecular weight excluding hydrogens is 446 g/mol. The molecular formula is C23H21N3O6S. The zero-order valence-electron chi connectivity index (χ0n) is 17.6. The summed E-state index contributed by atoms with van der Waals surface area (Å²) in [6.45, 7) is 1.32. The number of esters is 2. The number of ether oxygens (including phenoxy) is 2. The lowest BCUT2D eigenvalue weighted by Crippen LogP contribution is -2.22. The number of amides is 3. The van der Waals surface area contributed by atoms with Gasteiger partial charge in [0.05, 0.1) is 12.2 Å². The molecule has 3 amide bonds. The first-order valence-corrected chi connectivity index (χ1v) is 10.7. The minimum Gasteiger partial charge on any atom is -0.462 e. The van der Waals surface area contributed by atoms with E-state index in [1.54, 1.807) is 12.3 Å². The molecule has 170 valence electrons. The highest BCUT2D eigenvalue weighted by atomic mass is 32.1. The Morgan fingerprint density at radius 3 is 2.24 bits per heavy atom. The number of carbonyl (C=O) groups excluding carboxylic acids is 4. The standard InChI is InChI=1S/C23H21N3O6S/c1-2-31-22(29)19-17(14-6-4-3-5-7-14)13-33-20(19)26-18(27)12-32-21(28)15-8-10-16(11-9-15)25-23(24)30/h3-11,13H,2,12H2,1H3,(H,26,27)(H3,24,25,30). The summed E-state index contributed by atoms with van der Waals surface area (Å²) in [7, 11) is 0. The van der Waals surface area contributed by atoms with Gasteiger partial charge in [0.25, 0.3) is 5.91 Å². The highest BCUT2D eigenvalue weighted by Crippen LogP contribution is 2.36. The number of benzene rings is 2. The van der Waals surface area contributed by atoms with E-state index in [4.69, 9.17) is 15.2 Å². The second-order valence-corrected chi connectivity index (χ2v) is 7.51. The Morgan fingerprint density at radius 1 is 0.909 bits per heavy atom. The molecule has 0 atom stereocenters. The van der Waals surface area contributed by atoms with Gasteiger partial charge in [-0.3, -0.25) is 4.79 Å². The van der Waals surface area contributed by atoms with Crippen molar-refractivity contribution in [3.63, 3.8) is 0 Å². The van der Waals surface area contributed by atoms with Crippen molar-refractivity contribution in [1.29, 1.82) is 0 Å². The summed E-state index contributed by atoms with van der Waals surface area (Å²) in [4.78, 5) is 48.0. The first kappa shape index (κ1) is 23.5. The maximum absolute atomic E-state index is 12.6. The molecule has 0 fully saturated rings. The summed E-state index contributed by atoms with van der Waals surface area (Å²) in [6, 6.07) is 14.3. The predicted octanol–water partition coefficient (Wildman–Crippen LogP) is 3.88. The quantitative estimate of drug-likeness (QED) is 0.430. The molecule has 2 aromatic carbocycles. The summed E-state index contributed by atoms with van der Waals surface area (Å²) in [5.41, 5.74) is 7.31. The van der Waals surface area contributed by atoms with Crippen LogP contribution in [-0.2, 0) is 14.3 Å². The van der Waals surface area contributed by atoms with Gasteiger partial charge in [-0.05, 0) is 36.8 Å². The molecule has 0 spiro atoms. The van der Waals surface area contributed by atoms with Crippen LogP contribution in [0.1, 0.15) is 27.6 Å². The number of urea groups is 1. The maximum Gasteiger partial charge on any atom is 0.341 e. The van der Waals surface area contributed by atoms with Crippen molar-refractivity contribution < 1.29 is 28.7 Å². The number of hydrogen-bond acceptors (Lipinski definition) is 7. The van der Waals surface area contributed by atoms with E-state index in [9.17, 15) is 19.2 Å². The molecule has 0 aliphatic rings. The molecule has 3 aromatic rings. The summed E-state index contributed by atoms with van der Waals surface area (Å²) < 4.78 is 10.2. The zero-order chi connectivity index (χ0) is 23.8. The van der Waals surface area contributed by atoms with Crippen molar-refractivity contribution in [2.24, 2.45) is 5.73 Å². The van der Waals surface area contributed by atoms with E-state index in [0.29, 0.717) is 16.3 Å². The third-order valence-corrected chi connectivity index (χ3v) is 5.23.